The van der Waals surface area contributed by atoms with Crippen LogP contribution < -0.4 is 14.4 Å². The van der Waals surface area contributed by atoms with Gasteiger partial charge in [0.15, 0.2) is 5.88 Å². The summed E-state index contributed by atoms with van der Waals surface area (Å²) in [6, 6.07) is 9.33. The maximum Gasteiger partial charge on any atom is 0.251 e. The van der Waals surface area contributed by atoms with Crippen LogP contribution in [-0.4, -0.2) is 0 Å². The molecule has 1 aliphatic rings. The summed E-state index contributed by atoms with van der Waals surface area (Å²) in [5, 5.41) is 14.1. The van der Waals surface area contributed by atoms with Gasteiger partial charge in [-0.2, -0.15) is 4.57 Å². The molecule has 0 bridgehead atoms. The molecule has 4 heteroatoms. The van der Waals surface area contributed by atoms with Gasteiger partial charge in [0.05, 0.1) is 11.0 Å². The first-order valence-electron chi connectivity index (χ1n) is 9.01. The van der Waals surface area contributed by atoms with E-state index in [1.807, 2.05) is 41.0 Å². The lowest BCUT2D eigenvalue weighted by Gasteiger charge is -2.26. The van der Waals surface area contributed by atoms with Crippen LogP contribution in [0.25, 0.3) is 11.1 Å². The molecule has 1 aromatic heterocycles. The minimum absolute atomic E-state index is 0.0995. The number of rotatable bonds is 5. The van der Waals surface area contributed by atoms with Gasteiger partial charge in [-0.25, -0.2) is 0 Å². The first-order chi connectivity index (χ1) is 12.1. The van der Waals surface area contributed by atoms with Gasteiger partial charge in [-0.3, -0.25) is 4.79 Å². The van der Waals surface area contributed by atoms with Crippen molar-refractivity contribution in [2.45, 2.75) is 57.4 Å². The second-order valence-corrected chi connectivity index (χ2v) is 8.05. The smallest absolute Gasteiger partial charge is 0.251 e. The molecule has 0 amide bonds. The molecule has 132 valence electrons. The van der Waals surface area contributed by atoms with Gasteiger partial charge in [-0.1, -0.05) is 36.4 Å². The minimum atomic E-state index is -0.123. The zero-order valence-corrected chi connectivity index (χ0v) is 15.6. The third-order valence-corrected chi connectivity index (χ3v) is 6.47. The van der Waals surface area contributed by atoms with Crippen LogP contribution in [-0.2, 0) is 12.0 Å². The number of allylic oxidation sites excluding steroid dienone is 1. The Morgan fingerprint density at radius 3 is 2.80 bits per heavy atom. The highest BCUT2D eigenvalue weighted by molar-refractivity contribution is 7.09. The van der Waals surface area contributed by atoms with Crippen molar-refractivity contribution in [2.75, 3.05) is 0 Å². The third-order valence-electron chi connectivity index (χ3n) is 5.17. The van der Waals surface area contributed by atoms with E-state index >= 15 is 0 Å². The summed E-state index contributed by atoms with van der Waals surface area (Å²) in [5.74, 6) is -0.123. The van der Waals surface area contributed by atoms with Crippen LogP contribution in [0, 0.1) is 0 Å². The number of hydrogen-bond donors (Lipinski definition) is 0. The lowest BCUT2D eigenvalue weighted by molar-refractivity contribution is -0.739. The molecule has 3 nitrogen and oxygen atoms in total. The first-order valence-corrected chi connectivity index (χ1v) is 9.83. The van der Waals surface area contributed by atoms with E-state index in [-0.39, 0.29) is 16.0 Å². The number of aromatic nitrogens is 1. The zero-order chi connectivity index (χ0) is 17.9. The standard InChI is InChI=1S/C21H25NO2S/c1-3-4-8-13-21(2)14-9-10-15-22-18(23)17(19(24)25-20(21)22)16-11-6-5-7-12-16/h3,5-7,11-12H,1,4,8-10,13-15H2,2H3. The monoisotopic (exact) mass is 355 g/mol. The van der Waals surface area contributed by atoms with E-state index < -0.39 is 0 Å². The second-order valence-electron chi connectivity index (χ2n) is 7.09. The highest BCUT2D eigenvalue weighted by Gasteiger charge is 2.39. The van der Waals surface area contributed by atoms with Gasteiger partial charge in [0.2, 0.25) is 5.01 Å². The average molecular weight is 356 g/mol. The normalized spacial score (nSPS) is 19.9. The van der Waals surface area contributed by atoms with Crippen molar-refractivity contribution in [3.05, 3.63) is 57.5 Å². The SMILES string of the molecule is C=CCCCC1(C)CCCC[n+]2c1sc(=O)c(-c1ccccc1)c2[O-]. The largest absolute Gasteiger partial charge is 0.823 e. The molecule has 25 heavy (non-hydrogen) atoms. The van der Waals surface area contributed by atoms with Crippen molar-refractivity contribution in [2.24, 2.45) is 0 Å². The first kappa shape index (κ1) is 17.9. The fourth-order valence-electron chi connectivity index (χ4n) is 3.77. The van der Waals surface area contributed by atoms with Gasteiger partial charge >= 0.3 is 0 Å². The zero-order valence-electron chi connectivity index (χ0n) is 14.8. The van der Waals surface area contributed by atoms with Gasteiger partial charge in [-0.05, 0) is 55.9 Å². The summed E-state index contributed by atoms with van der Waals surface area (Å²) >= 11 is 1.28. The number of hydrogen-bond acceptors (Lipinski definition) is 3. The highest BCUT2D eigenvalue weighted by Crippen LogP contribution is 2.38. The fraction of sp³-hybridized carbons (Fsp3) is 0.429. The summed E-state index contributed by atoms with van der Waals surface area (Å²) in [6.45, 7) is 6.72. The molecule has 3 rings (SSSR count). The second kappa shape index (κ2) is 7.52. The molecule has 1 atom stereocenters. The molecule has 1 aromatic carbocycles. The molecular weight excluding hydrogens is 330 g/mol. The van der Waals surface area contributed by atoms with Crippen LogP contribution in [0.3, 0.4) is 0 Å². The Hall–Kier alpha value is -1.94. The van der Waals surface area contributed by atoms with E-state index in [1.54, 1.807) is 0 Å². The van der Waals surface area contributed by atoms with E-state index in [0.29, 0.717) is 12.1 Å². The Morgan fingerprint density at radius 2 is 2.08 bits per heavy atom. The molecule has 0 fully saturated rings. The average Bonchev–Trinajstić information content (AvgIpc) is 2.76. The van der Waals surface area contributed by atoms with Gasteiger partial charge in [0, 0.05) is 6.42 Å². The third kappa shape index (κ3) is 3.54. The van der Waals surface area contributed by atoms with Gasteiger partial charge < -0.3 is 5.11 Å². The Morgan fingerprint density at radius 1 is 1.32 bits per heavy atom. The fourth-order valence-corrected chi connectivity index (χ4v) is 4.98. The van der Waals surface area contributed by atoms with E-state index in [2.05, 4.69) is 13.5 Å². The van der Waals surface area contributed by atoms with Gasteiger partial charge in [0.1, 0.15) is 6.54 Å². The maximum absolute atomic E-state index is 13.2. The van der Waals surface area contributed by atoms with Crippen LogP contribution in [0.15, 0.2) is 47.8 Å². The quantitative estimate of drug-likeness (QED) is 0.463. The molecule has 0 N–H and O–H groups in total. The van der Waals surface area contributed by atoms with Crippen LogP contribution in [0.5, 0.6) is 5.88 Å². The van der Waals surface area contributed by atoms with E-state index in [4.69, 9.17) is 0 Å². The molecule has 1 unspecified atom stereocenters. The number of fused-ring (bicyclic) bond motifs is 1. The Bertz CT molecular complexity index is 813. The lowest BCUT2D eigenvalue weighted by atomic mass is 9.81. The molecule has 0 saturated heterocycles. The predicted molar refractivity (Wildman–Crippen MR) is 101 cm³/mol. The maximum atomic E-state index is 13.2. The van der Waals surface area contributed by atoms with Crippen LogP contribution >= 0.6 is 11.3 Å². The van der Waals surface area contributed by atoms with Gasteiger partial charge in [0.25, 0.3) is 4.74 Å². The Labute approximate surface area is 153 Å². The summed E-state index contributed by atoms with van der Waals surface area (Å²) in [6.07, 6.45) is 8.04. The molecule has 1 aliphatic heterocycles. The van der Waals surface area contributed by atoms with E-state index in [1.165, 1.54) is 11.3 Å². The highest BCUT2D eigenvalue weighted by atomic mass is 32.1. The van der Waals surface area contributed by atoms with Gasteiger partial charge in [-0.15, -0.1) is 6.58 Å². The number of nitrogens with zero attached hydrogens (tertiary/aromatic N) is 1. The molecule has 2 heterocycles. The van der Waals surface area contributed by atoms with Crippen LogP contribution in [0.2, 0.25) is 0 Å². The summed E-state index contributed by atoms with van der Waals surface area (Å²) in [5.41, 5.74) is 0.948. The van der Waals surface area contributed by atoms with Crippen molar-refractivity contribution in [1.82, 2.24) is 0 Å². The van der Waals surface area contributed by atoms with E-state index in [9.17, 15) is 9.90 Å². The summed E-state index contributed by atoms with van der Waals surface area (Å²) in [7, 11) is 0. The number of unbranched alkanes of at least 4 members (excludes halogenated alkanes) is 1. The Kier molecular flexibility index (Phi) is 5.38. The molecule has 0 spiro atoms. The van der Waals surface area contributed by atoms with E-state index in [0.717, 1.165) is 49.1 Å². The summed E-state index contributed by atoms with van der Waals surface area (Å²) in [4.78, 5) is 12.8. The minimum Gasteiger partial charge on any atom is -0.823 e. The van der Waals surface area contributed by atoms with Crippen molar-refractivity contribution in [1.29, 1.82) is 0 Å². The van der Waals surface area contributed by atoms with Crippen molar-refractivity contribution in [3.8, 4) is 17.0 Å². The predicted octanol–water partition coefficient (Wildman–Crippen LogP) is 3.93. The van der Waals surface area contributed by atoms with Crippen molar-refractivity contribution >= 4 is 11.3 Å². The van der Waals surface area contributed by atoms with Crippen LogP contribution in [0.1, 0.15) is 50.5 Å². The van der Waals surface area contributed by atoms with Crippen molar-refractivity contribution in [3.63, 3.8) is 0 Å². The Balaban J connectivity index is 2.12. The molecule has 2 aromatic rings. The lowest BCUT2D eigenvalue weighted by Crippen LogP contribution is -2.46. The molecule has 0 radical (unpaired) electrons. The molecule has 0 saturated carbocycles. The van der Waals surface area contributed by atoms with Crippen LogP contribution in [0.4, 0.5) is 0 Å². The summed E-state index contributed by atoms with van der Waals surface area (Å²) < 4.78 is 1.77. The molecular formula is C21H25NO2S. The number of benzene rings is 1. The van der Waals surface area contributed by atoms with Crippen molar-refractivity contribution < 1.29 is 9.67 Å². The topological polar surface area (TPSA) is 44.0 Å². The molecule has 0 aliphatic carbocycles.